The Morgan fingerprint density at radius 1 is 1.25 bits per heavy atom. The Bertz CT molecular complexity index is 401. The number of nitrogens with one attached hydrogen (secondary N) is 1. The average Bonchev–Trinajstić information content (AvgIpc) is 2.76. The highest BCUT2D eigenvalue weighted by atomic mass is 16.5. The number of hydrogen-bond acceptors (Lipinski definition) is 4. The molecule has 2 heterocycles. The lowest BCUT2D eigenvalue weighted by Crippen LogP contribution is -2.27. The molecule has 1 aliphatic heterocycles. The van der Waals surface area contributed by atoms with Crippen LogP contribution in [0, 0.1) is 0 Å². The maximum atomic E-state index is 5.53. The van der Waals surface area contributed by atoms with Crippen molar-refractivity contribution in [1.29, 1.82) is 0 Å². The second-order valence-corrected chi connectivity index (χ2v) is 5.31. The maximum Gasteiger partial charge on any atom is 0.129 e. The van der Waals surface area contributed by atoms with Crippen molar-refractivity contribution in [2.75, 3.05) is 37.7 Å². The molecule has 0 radical (unpaired) electrons. The van der Waals surface area contributed by atoms with Gasteiger partial charge >= 0.3 is 0 Å². The summed E-state index contributed by atoms with van der Waals surface area (Å²) in [5.41, 5.74) is 2.52. The Labute approximate surface area is 122 Å². The van der Waals surface area contributed by atoms with Gasteiger partial charge in [-0.15, -0.1) is 0 Å². The van der Waals surface area contributed by atoms with Crippen molar-refractivity contribution in [2.24, 2.45) is 0 Å². The van der Waals surface area contributed by atoms with Gasteiger partial charge in [-0.2, -0.15) is 0 Å². The van der Waals surface area contributed by atoms with E-state index in [1.165, 1.54) is 17.7 Å². The molecule has 0 saturated carbocycles. The smallest absolute Gasteiger partial charge is 0.129 e. The first kappa shape index (κ1) is 15.3. The zero-order chi connectivity index (χ0) is 14.2. The fourth-order valence-corrected chi connectivity index (χ4v) is 2.46. The van der Waals surface area contributed by atoms with E-state index in [9.17, 15) is 0 Å². The minimum atomic E-state index is 0.807. The first-order valence-electron chi connectivity index (χ1n) is 7.86. The highest BCUT2D eigenvalue weighted by molar-refractivity contribution is 5.43. The van der Waals surface area contributed by atoms with E-state index in [2.05, 4.69) is 36.2 Å². The predicted octanol–water partition coefficient (Wildman–Crippen LogP) is 2.37. The number of hydrogen-bond donors (Lipinski definition) is 1. The number of aromatic nitrogens is 1. The molecule has 0 spiro atoms. The van der Waals surface area contributed by atoms with Crippen molar-refractivity contribution in [1.82, 2.24) is 10.3 Å². The van der Waals surface area contributed by atoms with Crippen LogP contribution in [0.3, 0.4) is 0 Å². The molecule has 1 aromatic heterocycles. The SMILES string of the molecule is CCCNCc1cc(CC)nc(N2CCCOCC2)c1. The molecular formula is C16H27N3O. The van der Waals surface area contributed by atoms with Crippen LogP contribution in [0.5, 0.6) is 0 Å². The first-order valence-corrected chi connectivity index (χ1v) is 7.86. The molecule has 4 heteroatoms. The molecule has 0 atom stereocenters. The van der Waals surface area contributed by atoms with E-state index < -0.39 is 0 Å². The molecule has 0 amide bonds. The van der Waals surface area contributed by atoms with Crippen LogP contribution >= 0.6 is 0 Å². The van der Waals surface area contributed by atoms with Gasteiger partial charge in [-0.25, -0.2) is 4.98 Å². The molecule has 2 rings (SSSR count). The summed E-state index contributed by atoms with van der Waals surface area (Å²) in [6.07, 6.45) is 3.24. The van der Waals surface area contributed by atoms with Gasteiger partial charge < -0.3 is 15.0 Å². The van der Waals surface area contributed by atoms with Crippen LogP contribution in [0.2, 0.25) is 0 Å². The lowest BCUT2D eigenvalue weighted by Gasteiger charge is -2.22. The number of anilines is 1. The van der Waals surface area contributed by atoms with Crippen LogP contribution < -0.4 is 10.2 Å². The fraction of sp³-hybridized carbons (Fsp3) is 0.688. The minimum Gasteiger partial charge on any atom is -0.380 e. The molecule has 1 aromatic rings. The number of nitrogens with zero attached hydrogens (tertiary/aromatic N) is 2. The number of aryl methyl sites for hydroxylation is 1. The predicted molar refractivity (Wildman–Crippen MR) is 83.3 cm³/mol. The zero-order valence-corrected chi connectivity index (χ0v) is 12.8. The van der Waals surface area contributed by atoms with Crippen molar-refractivity contribution in [2.45, 2.75) is 39.7 Å². The number of pyridine rings is 1. The minimum absolute atomic E-state index is 0.807. The second-order valence-electron chi connectivity index (χ2n) is 5.31. The Kier molecular flexibility index (Phi) is 6.27. The second kappa shape index (κ2) is 8.22. The molecule has 1 N–H and O–H groups in total. The van der Waals surface area contributed by atoms with Gasteiger partial charge in [-0.3, -0.25) is 0 Å². The van der Waals surface area contributed by atoms with Gasteiger partial charge in [-0.1, -0.05) is 13.8 Å². The van der Waals surface area contributed by atoms with E-state index in [0.29, 0.717) is 0 Å². The van der Waals surface area contributed by atoms with E-state index >= 15 is 0 Å². The Hall–Kier alpha value is -1.13. The third-order valence-corrected chi connectivity index (χ3v) is 3.59. The van der Waals surface area contributed by atoms with Crippen LogP contribution in [-0.2, 0) is 17.7 Å². The highest BCUT2D eigenvalue weighted by Crippen LogP contribution is 2.17. The number of ether oxygens (including phenoxy) is 1. The van der Waals surface area contributed by atoms with Crippen LogP contribution in [0.15, 0.2) is 12.1 Å². The van der Waals surface area contributed by atoms with Crippen LogP contribution in [0.1, 0.15) is 37.9 Å². The molecule has 1 aliphatic rings. The van der Waals surface area contributed by atoms with Crippen molar-refractivity contribution in [3.63, 3.8) is 0 Å². The molecule has 0 aromatic carbocycles. The van der Waals surface area contributed by atoms with Gasteiger partial charge in [0.25, 0.3) is 0 Å². The zero-order valence-electron chi connectivity index (χ0n) is 12.8. The van der Waals surface area contributed by atoms with Crippen molar-refractivity contribution < 1.29 is 4.74 Å². The summed E-state index contributed by atoms with van der Waals surface area (Å²) in [5, 5.41) is 3.47. The summed E-state index contributed by atoms with van der Waals surface area (Å²) >= 11 is 0. The van der Waals surface area contributed by atoms with E-state index in [1.807, 2.05) is 0 Å². The van der Waals surface area contributed by atoms with Crippen molar-refractivity contribution in [3.8, 4) is 0 Å². The molecular weight excluding hydrogens is 250 g/mol. The Morgan fingerprint density at radius 3 is 2.95 bits per heavy atom. The molecule has 20 heavy (non-hydrogen) atoms. The molecule has 112 valence electrons. The van der Waals surface area contributed by atoms with Crippen molar-refractivity contribution >= 4 is 5.82 Å². The quantitative estimate of drug-likeness (QED) is 0.810. The Morgan fingerprint density at radius 2 is 2.15 bits per heavy atom. The molecule has 0 bridgehead atoms. The van der Waals surface area contributed by atoms with Gasteiger partial charge in [0, 0.05) is 31.9 Å². The lowest BCUT2D eigenvalue weighted by molar-refractivity contribution is 0.152. The summed E-state index contributed by atoms with van der Waals surface area (Å²) in [7, 11) is 0. The van der Waals surface area contributed by atoms with Gasteiger partial charge in [-0.05, 0) is 43.5 Å². The Balaban J connectivity index is 2.11. The van der Waals surface area contributed by atoms with Gasteiger partial charge in [0.1, 0.15) is 5.82 Å². The van der Waals surface area contributed by atoms with Crippen LogP contribution in [0.25, 0.3) is 0 Å². The topological polar surface area (TPSA) is 37.4 Å². The summed E-state index contributed by atoms with van der Waals surface area (Å²) in [5.74, 6) is 1.11. The van der Waals surface area contributed by atoms with E-state index in [1.54, 1.807) is 0 Å². The van der Waals surface area contributed by atoms with Gasteiger partial charge in [0.15, 0.2) is 0 Å². The molecule has 1 fully saturated rings. The standard InChI is InChI=1S/C16H27N3O/c1-3-6-17-13-14-11-15(4-2)18-16(12-14)19-7-5-9-20-10-8-19/h11-12,17H,3-10,13H2,1-2H3. The third kappa shape index (κ3) is 4.46. The fourth-order valence-electron chi connectivity index (χ4n) is 2.46. The van der Waals surface area contributed by atoms with Crippen LogP contribution in [-0.4, -0.2) is 37.8 Å². The number of rotatable bonds is 6. The molecule has 1 saturated heterocycles. The maximum absolute atomic E-state index is 5.53. The van der Waals surface area contributed by atoms with Crippen molar-refractivity contribution in [3.05, 3.63) is 23.4 Å². The highest BCUT2D eigenvalue weighted by Gasteiger charge is 2.12. The summed E-state index contributed by atoms with van der Waals surface area (Å²) in [6, 6.07) is 4.45. The molecule has 0 aliphatic carbocycles. The lowest BCUT2D eigenvalue weighted by atomic mass is 10.2. The van der Waals surface area contributed by atoms with E-state index in [4.69, 9.17) is 9.72 Å². The van der Waals surface area contributed by atoms with E-state index in [-0.39, 0.29) is 0 Å². The molecule has 0 unspecified atom stereocenters. The van der Waals surface area contributed by atoms with Crippen LogP contribution in [0.4, 0.5) is 5.82 Å². The van der Waals surface area contributed by atoms with Gasteiger partial charge in [0.2, 0.25) is 0 Å². The first-order chi connectivity index (χ1) is 9.83. The summed E-state index contributed by atoms with van der Waals surface area (Å²) in [6.45, 7) is 10.0. The third-order valence-electron chi connectivity index (χ3n) is 3.59. The largest absolute Gasteiger partial charge is 0.380 e. The van der Waals surface area contributed by atoms with Gasteiger partial charge in [0.05, 0.1) is 6.61 Å². The summed E-state index contributed by atoms with van der Waals surface area (Å²) in [4.78, 5) is 7.14. The molecule has 4 nitrogen and oxygen atoms in total. The summed E-state index contributed by atoms with van der Waals surface area (Å²) < 4.78 is 5.53. The monoisotopic (exact) mass is 277 g/mol. The normalized spacial score (nSPS) is 16.2. The van der Waals surface area contributed by atoms with E-state index in [0.717, 1.165) is 58.1 Å². The average molecular weight is 277 g/mol.